The van der Waals surface area contributed by atoms with Crippen molar-refractivity contribution in [2.24, 2.45) is 5.41 Å². The quantitative estimate of drug-likeness (QED) is 0.487. The lowest BCUT2D eigenvalue weighted by molar-refractivity contribution is 0.469. The van der Waals surface area contributed by atoms with Gasteiger partial charge < -0.3 is 0 Å². The highest BCUT2D eigenvalue weighted by atomic mass is 35.5. The van der Waals surface area contributed by atoms with Gasteiger partial charge in [-0.25, -0.2) is 9.97 Å². The molecular weight excluding hydrogens is 268 g/mol. The van der Waals surface area contributed by atoms with Gasteiger partial charge in [0.2, 0.25) is 5.28 Å². The Balaban J connectivity index is 0. The van der Waals surface area contributed by atoms with E-state index in [2.05, 4.69) is 58.1 Å². The van der Waals surface area contributed by atoms with Crippen LogP contribution in [0.2, 0.25) is 5.28 Å². The van der Waals surface area contributed by atoms with Gasteiger partial charge in [-0.3, -0.25) is 0 Å². The van der Waals surface area contributed by atoms with Gasteiger partial charge in [0.25, 0.3) is 0 Å². The van der Waals surface area contributed by atoms with Gasteiger partial charge in [-0.05, 0) is 49.3 Å². The van der Waals surface area contributed by atoms with E-state index in [1.165, 1.54) is 24.8 Å². The van der Waals surface area contributed by atoms with Gasteiger partial charge >= 0.3 is 0 Å². The zero-order valence-electron chi connectivity index (χ0n) is 14.3. The van der Waals surface area contributed by atoms with Crippen LogP contribution in [0.25, 0.3) is 0 Å². The van der Waals surface area contributed by atoms with Gasteiger partial charge in [0.05, 0.1) is 0 Å². The number of hydrogen-bond acceptors (Lipinski definition) is 2. The van der Waals surface area contributed by atoms with Crippen molar-refractivity contribution in [1.29, 1.82) is 0 Å². The molecule has 0 N–H and O–H groups in total. The Hall–Kier alpha value is -0.890. The average Bonchev–Trinajstić information content (AvgIpc) is 2.29. The molecule has 2 nitrogen and oxygen atoms in total. The Labute approximate surface area is 130 Å². The van der Waals surface area contributed by atoms with Gasteiger partial charge in [-0.1, -0.05) is 46.6 Å². The minimum atomic E-state index is 0.301. The molecule has 1 rings (SSSR count). The summed E-state index contributed by atoms with van der Waals surface area (Å²) in [5.74, 6) is 0. The second-order valence-corrected chi connectivity index (χ2v) is 6.93. The molecule has 0 spiro atoms. The van der Waals surface area contributed by atoms with Crippen LogP contribution in [0, 0.1) is 12.3 Å². The van der Waals surface area contributed by atoms with E-state index in [4.69, 9.17) is 11.6 Å². The van der Waals surface area contributed by atoms with Crippen molar-refractivity contribution < 1.29 is 0 Å². The summed E-state index contributed by atoms with van der Waals surface area (Å²) >= 11 is 5.39. The Bertz CT molecular complexity index is 323. The summed E-state index contributed by atoms with van der Waals surface area (Å²) in [4.78, 5) is 7.47. The zero-order valence-corrected chi connectivity index (χ0v) is 15.0. The molecule has 0 unspecified atom stereocenters. The molecule has 1 aromatic rings. The van der Waals surface area contributed by atoms with E-state index in [0.717, 1.165) is 5.56 Å². The standard InChI is InChI=1S/C7H14.C5H5ClN2.C5H12/c1-4-5-6-7(2)3;1-4-2-7-5(6)8-3-4;1-5(2,3)4/h2,4-6H2,1,3H3;2-3H,1H3;1-4H3. The summed E-state index contributed by atoms with van der Waals surface area (Å²) in [5.41, 5.74) is 2.83. The van der Waals surface area contributed by atoms with E-state index in [1.807, 2.05) is 6.92 Å². The second kappa shape index (κ2) is 11.9. The molecule has 0 amide bonds. The second-order valence-electron chi connectivity index (χ2n) is 6.59. The summed E-state index contributed by atoms with van der Waals surface area (Å²) in [7, 11) is 0. The van der Waals surface area contributed by atoms with Crippen molar-refractivity contribution in [2.45, 2.75) is 67.7 Å². The molecule has 0 aliphatic carbocycles. The molecule has 0 aromatic carbocycles. The number of nitrogens with zero attached hydrogens (tertiary/aromatic N) is 2. The molecule has 0 atom stereocenters. The Kier molecular flexibility index (Phi) is 12.7. The minimum Gasteiger partial charge on any atom is -0.226 e. The summed E-state index contributed by atoms with van der Waals surface area (Å²) in [6.07, 6.45) is 7.14. The van der Waals surface area contributed by atoms with Crippen LogP contribution < -0.4 is 0 Å². The van der Waals surface area contributed by atoms with Crippen molar-refractivity contribution in [3.05, 3.63) is 35.4 Å². The zero-order chi connectivity index (χ0) is 16.2. The van der Waals surface area contributed by atoms with Crippen LogP contribution in [-0.4, -0.2) is 9.97 Å². The van der Waals surface area contributed by atoms with Crippen molar-refractivity contribution in [3.63, 3.8) is 0 Å². The first-order valence-electron chi connectivity index (χ1n) is 7.14. The predicted molar refractivity (Wildman–Crippen MR) is 91.2 cm³/mol. The van der Waals surface area contributed by atoms with Crippen LogP contribution in [0.4, 0.5) is 0 Å². The molecule has 0 aliphatic rings. The highest BCUT2D eigenvalue weighted by molar-refractivity contribution is 6.28. The normalized spacial score (nSPS) is 9.80. The molecule has 1 aromatic heterocycles. The summed E-state index contributed by atoms with van der Waals surface area (Å²) < 4.78 is 0. The van der Waals surface area contributed by atoms with E-state index in [9.17, 15) is 0 Å². The third-order valence-electron chi connectivity index (χ3n) is 1.71. The number of aryl methyl sites for hydroxylation is 1. The van der Waals surface area contributed by atoms with E-state index < -0.39 is 0 Å². The molecule has 0 radical (unpaired) electrons. The highest BCUT2D eigenvalue weighted by Gasteiger charge is 1.95. The summed E-state index contributed by atoms with van der Waals surface area (Å²) in [6, 6.07) is 0. The molecular formula is C17H31ClN2. The summed E-state index contributed by atoms with van der Waals surface area (Å²) in [5, 5.41) is 0.301. The monoisotopic (exact) mass is 298 g/mol. The van der Waals surface area contributed by atoms with Crippen LogP contribution in [0.3, 0.4) is 0 Å². The maximum absolute atomic E-state index is 5.39. The molecule has 0 saturated heterocycles. The molecule has 3 heteroatoms. The van der Waals surface area contributed by atoms with E-state index in [1.54, 1.807) is 12.4 Å². The van der Waals surface area contributed by atoms with Crippen LogP contribution in [-0.2, 0) is 0 Å². The van der Waals surface area contributed by atoms with Crippen molar-refractivity contribution >= 4 is 11.6 Å². The predicted octanol–water partition coefficient (Wildman–Crippen LogP) is 6.24. The number of unbranched alkanes of at least 4 members (excludes halogenated alkanes) is 1. The molecule has 20 heavy (non-hydrogen) atoms. The van der Waals surface area contributed by atoms with E-state index in [-0.39, 0.29) is 0 Å². The van der Waals surface area contributed by atoms with Crippen molar-refractivity contribution in [1.82, 2.24) is 9.97 Å². The lowest BCUT2D eigenvalue weighted by atomic mass is 10.0. The fourth-order valence-corrected chi connectivity index (χ4v) is 0.953. The number of hydrogen-bond donors (Lipinski definition) is 0. The fraction of sp³-hybridized carbons (Fsp3) is 0.647. The molecule has 116 valence electrons. The third kappa shape index (κ3) is 25.8. The lowest BCUT2D eigenvalue weighted by Gasteiger charge is -2.05. The third-order valence-corrected chi connectivity index (χ3v) is 1.90. The maximum atomic E-state index is 5.39. The topological polar surface area (TPSA) is 25.8 Å². The van der Waals surface area contributed by atoms with Gasteiger partial charge in [0.15, 0.2) is 0 Å². The lowest BCUT2D eigenvalue weighted by Crippen LogP contribution is -1.93. The average molecular weight is 299 g/mol. The first kappa shape index (κ1) is 21.4. The van der Waals surface area contributed by atoms with Gasteiger partial charge in [0, 0.05) is 12.4 Å². The molecule has 0 saturated carbocycles. The Morgan fingerprint density at radius 2 is 1.60 bits per heavy atom. The van der Waals surface area contributed by atoms with Crippen molar-refractivity contribution in [3.8, 4) is 0 Å². The largest absolute Gasteiger partial charge is 0.226 e. The van der Waals surface area contributed by atoms with Crippen LogP contribution in [0.15, 0.2) is 24.5 Å². The van der Waals surface area contributed by atoms with Crippen LogP contribution in [0.1, 0.15) is 66.4 Å². The molecule has 1 heterocycles. The van der Waals surface area contributed by atoms with Crippen LogP contribution in [0.5, 0.6) is 0 Å². The number of halogens is 1. The number of aromatic nitrogens is 2. The van der Waals surface area contributed by atoms with Crippen LogP contribution >= 0.6 is 11.6 Å². The van der Waals surface area contributed by atoms with Gasteiger partial charge in [-0.2, -0.15) is 0 Å². The summed E-state index contributed by atoms with van der Waals surface area (Å²) in [6.45, 7) is 18.7. The highest BCUT2D eigenvalue weighted by Crippen LogP contribution is 2.08. The Morgan fingerprint density at radius 1 is 1.20 bits per heavy atom. The number of allylic oxidation sites excluding steroid dienone is 1. The number of rotatable bonds is 3. The van der Waals surface area contributed by atoms with E-state index >= 15 is 0 Å². The smallest absolute Gasteiger partial charge is 0.222 e. The fourth-order valence-electron chi connectivity index (χ4n) is 0.855. The molecule has 0 fully saturated rings. The first-order valence-corrected chi connectivity index (χ1v) is 7.52. The molecule has 0 bridgehead atoms. The Morgan fingerprint density at radius 3 is 1.80 bits per heavy atom. The maximum Gasteiger partial charge on any atom is 0.222 e. The first-order chi connectivity index (χ1) is 9.06. The SMILES string of the molecule is C=C(C)CCCC.CC(C)(C)C.Cc1cnc(Cl)nc1. The minimum absolute atomic E-state index is 0.301. The van der Waals surface area contributed by atoms with E-state index in [0.29, 0.717) is 10.7 Å². The van der Waals surface area contributed by atoms with Crippen molar-refractivity contribution in [2.75, 3.05) is 0 Å². The van der Waals surface area contributed by atoms with Gasteiger partial charge in [-0.15, -0.1) is 6.58 Å². The van der Waals surface area contributed by atoms with Gasteiger partial charge in [0.1, 0.15) is 0 Å². The molecule has 0 aliphatic heterocycles.